The van der Waals surface area contributed by atoms with Gasteiger partial charge in [-0.3, -0.25) is 0 Å². The summed E-state index contributed by atoms with van der Waals surface area (Å²) in [6, 6.07) is 5.24. The Morgan fingerprint density at radius 3 is 2.85 bits per heavy atom. The van der Waals surface area contributed by atoms with Gasteiger partial charge in [0.2, 0.25) is 0 Å². The minimum absolute atomic E-state index is 0.0517. The molecule has 1 unspecified atom stereocenters. The van der Waals surface area contributed by atoms with E-state index in [0.717, 1.165) is 24.5 Å². The van der Waals surface area contributed by atoms with E-state index in [1.54, 1.807) is 6.07 Å². The summed E-state index contributed by atoms with van der Waals surface area (Å²) in [7, 11) is 0. The first-order valence-electron chi connectivity index (χ1n) is 6.31. The topological polar surface area (TPSA) is 42.7 Å². The first-order chi connectivity index (χ1) is 9.47. The highest BCUT2D eigenvalue weighted by molar-refractivity contribution is 5.57. The Balaban J connectivity index is 2.06. The number of hydrogen-bond donors (Lipinski definition) is 1. The summed E-state index contributed by atoms with van der Waals surface area (Å²) in [5.74, 6) is 1.24. The number of rotatable bonds is 1. The third-order valence-electron chi connectivity index (χ3n) is 3.40. The van der Waals surface area contributed by atoms with Crippen molar-refractivity contribution in [1.29, 1.82) is 0 Å². The Bertz CT molecular complexity index is 633. The van der Waals surface area contributed by atoms with E-state index in [4.69, 9.17) is 0 Å². The summed E-state index contributed by atoms with van der Waals surface area (Å²) in [5, 5.41) is 11.4. The molecule has 2 aromatic rings. The van der Waals surface area contributed by atoms with Crippen molar-refractivity contribution >= 4 is 0 Å². The van der Waals surface area contributed by atoms with Crippen LogP contribution in [-0.4, -0.2) is 21.3 Å². The molecule has 1 aliphatic rings. The van der Waals surface area contributed by atoms with Gasteiger partial charge in [0, 0.05) is 18.7 Å². The minimum atomic E-state index is -4.35. The Hall–Kier alpha value is -1.89. The van der Waals surface area contributed by atoms with E-state index in [-0.39, 0.29) is 6.04 Å². The van der Waals surface area contributed by atoms with Crippen molar-refractivity contribution in [3.8, 4) is 11.4 Å². The van der Waals surface area contributed by atoms with Crippen LogP contribution in [0.4, 0.5) is 13.2 Å². The lowest BCUT2D eigenvalue weighted by Crippen LogP contribution is -2.32. The van der Waals surface area contributed by atoms with Crippen molar-refractivity contribution in [3.63, 3.8) is 0 Å². The van der Waals surface area contributed by atoms with Crippen molar-refractivity contribution in [2.75, 3.05) is 6.54 Å². The highest BCUT2D eigenvalue weighted by Crippen LogP contribution is 2.32. The molecule has 7 heteroatoms. The van der Waals surface area contributed by atoms with E-state index in [1.807, 2.05) is 11.5 Å². The average molecular weight is 282 g/mol. The van der Waals surface area contributed by atoms with Gasteiger partial charge in [0.25, 0.3) is 0 Å². The molecule has 106 valence electrons. The van der Waals surface area contributed by atoms with Gasteiger partial charge in [-0.05, 0) is 19.1 Å². The molecule has 0 aliphatic carbocycles. The molecule has 1 atom stereocenters. The van der Waals surface area contributed by atoms with Gasteiger partial charge in [-0.25, -0.2) is 0 Å². The smallest absolute Gasteiger partial charge is 0.308 e. The standard InChI is InChI=1S/C13H13F3N4/c1-8-11-18-19-12(20(11)6-5-17-8)9-3-2-4-10(7-9)13(14,15)16/h2-4,7-8,17H,5-6H2,1H3. The largest absolute Gasteiger partial charge is 0.416 e. The highest BCUT2D eigenvalue weighted by atomic mass is 19.4. The van der Waals surface area contributed by atoms with Crippen LogP contribution in [0.15, 0.2) is 24.3 Å². The third kappa shape index (κ3) is 2.18. The summed E-state index contributed by atoms with van der Waals surface area (Å²) in [6.45, 7) is 3.35. The van der Waals surface area contributed by atoms with Crippen molar-refractivity contribution in [1.82, 2.24) is 20.1 Å². The van der Waals surface area contributed by atoms with Crippen molar-refractivity contribution < 1.29 is 13.2 Å². The van der Waals surface area contributed by atoms with Crippen molar-refractivity contribution in [3.05, 3.63) is 35.7 Å². The summed E-state index contributed by atoms with van der Waals surface area (Å²) in [5.41, 5.74) is -0.234. The normalized spacial score (nSPS) is 18.9. The summed E-state index contributed by atoms with van der Waals surface area (Å²) in [4.78, 5) is 0. The Morgan fingerprint density at radius 2 is 2.10 bits per heavy atom. The molecule has 0 radical (unpaired) electrons. The number of nitrogens with one attached hydrogen (secondary N) is 1. The Labute approximate surface area is 113 Å². The minimum Gasteiger partial charge on any atom is -0.308 e. The van der Waals surface area contributed by atoms with Crippen LogP contribution in [0.3, 0.4) is 0 Å². The summed E-state index contributed by atoms with van der Waals surface area (Å²) < 4.78 is 40.1. The molecule has 0 saturated heterocycles. The van der Waals surface area contributed by atoms with Crippen LogP contribution in [0.1, 0.15) is 24.4 Å². The number of nitrogens with zero attached hydrogens (tertiary/aromatic N) is 3. The molecule has 2 heterocycles. The molecule has 0 fully saturated rings. The van der Waals surface area contributed by atoms with Gasteiger partial charge in [0.05, 0.1) is 11.6 Å². The first kappa shape index (κ1) is 13.1. The van der Waals surface area contributed by atoms with E-state index in [9.17, 15) is 13.2 Å². The van der Waals surface area contributed by atoms with Gasteiger partial charge >= 0.3 is 6.18 Å². The lowest BCUT2D eigenvalue weighted by atomic mass is 10.1. The molecule has 0 saturated carbocycles. The molecule has 4 nitrogen and oxygen atoms in total. The number of alkyl halides is 3. The van der Waals surface area contributed by atoms with Crippen LogP contribution < -0.4 is 5.32 Å². The van der Waals surface area contributed by atoms with Crippen molar-refractivity contribution in [2.45, 2.75) is 25.7 Å². The second-order valence-corrected chi connectivity index (χ2v) is 4.79. The molecule has 0 amide bonds. The SMILES string of the molecule is CC1NCCn2c(-c3cccc(C(F)(F)F)c3)nnc21. The summed E-state index contributed by atoms with van der Waals surface area (Å²) in [6.07, 6.45) is -4.35. The third-order valence-corrected chi connectivity index (χ3v) is 3.40. The molecule has 1 N–H and O–H groups in total. The van der Waals surface area contributed by atoms with E-state index in [1.165, 1.54) is 6.07 Å². The van der Waals surface area contributed by atoms with Gasteiger partial charge in [0.1, 0.15) is 5.82 Å². The van der Waals surface area contributed by atoms with Gasteiger partial charge in [-0.15, -0.1) is 10.2 Å². The number of fused-ring (bicyclic) bond motifs is 1. The van der Waals surface area contributed by atoms with Crippen LogP contribution in [0, 0.1) is 0 Å². The predicted octanol–water partition coefficient (Wildman–Crippen LogP) is 2.63. The Morgan fingerprint density at radius 1 is 1.30 bits per heavy atom. The maximum atomic E-state index is 12.8. The molecular formula is C13H13F3N4. The fourth-order valence-electron chi connectivity index (χ4n) is 2.39. The van der Waals surface area contributed by atoms with Crippen molar-refractivity contribution in [2.24, 2.45) is 0 Å². The zero-order valence-corrected chi connectivity index (χ0v) is 10.8. The van der Waals surface area contributed by atoms with Crippen LogP contribution in [0.5, 0.6) is 0 Å². The first-order valence-corrected chi connectivity index (χ1v) is 6.31. The Kier molecular flexibility index (Phi) is 3.01. The molecule has 20 heavy (non-hydrogen) atoms. The molecule has 1 aliphatic heterocycles. The van der Waals surface area contributed by atoms with E-state index < -0.39 is 11.7 Å². The van der Waals surface area contributed by atoms with Crippen LogP contribution in [0.2, 0.25) is 0 Å². The monoisotopic (exact) mass is 282 g/mol. The quantitative estimate of drug-likeness (QED) is 0.874. The zero-order chi connectivity index (χ0) is 14.3. The van der Waals surface area contributed by atoms with Gasteiger partial charge in [0.15, 0.2) is 5.82 Å². The van der Waals surface area contributed by atoms with E-state index >= 15 is 0 Å². The van der Waals surface area contributed by atoms with E-state index in [0.29, 0.717) is 17.9 Å². The number of halogens is 3. The lowest BCUT2D eigenvalue weighted by molar-refractivity contribution is -0.137. The fraction of sp³-hybridized carbons (Fsp3) is 0.385. The molecule has 3 rings (SSSR count). The molecule has 0 bridgehead atoms. The molecule has 1 aromatic carbocycles. The highest BCUT2D eigenvalue weighted by Gasteiger charge is 2.31. The second-order valence-electron chi connectivity index (χ2n) is 4.79. The number of aromatic nitrogens is 3. The van der Waals surface area contributed by atoms with Gasteiger partial charge in [-0.1, -0.05) is 12.1 Å². The number of hydrogen-bond acceptors (Lipinski definition) is 3. The summed E-state index contributed by atoms with van der Waals surface area (Å²) >= 11 is 0. The van der Waals surface area contributed by atoms with Gasteiger partial charge in [-0.2, -0.15) is 13.2 Å². The second kappa shape index (κ2) is 4.59. The molecule has 0 spiro atoms. The molecule has 1 aromatic heterocycles. The predicted molar refractivity (Wildman–Crippen MR) is 66.9 cm³/mol. The number of benzene rings is 1. The van der Waals surface area contributed by atoms with Gasteiger partial charge < -0.3 is 9.88 Å². The van der Waals surface area contributed by atoms with Crippen LogP contribution in [-0.2, 0) is 12.7 Å². The average Bonchev–Trinajstić information content (AvgIpc) is 2.83. The molecular weight excluding hydrogens is 269 g/mol. The van der Waals surface area contributed by atoms with E-state index in [2.05, 4.69) is 15.5 Å². The lowest BCUT2D eigenvalue weighted by Gasteiger charge is -2.22. The zero-order valence-electron chi connectivity index (χ0n) is 10.8. The van der Waals surface area contributed by atoms with Crippen LogP contribution in [0.25, 0.3) is 11.4 Å². The maximum absolute atomic E-state index is 12.8. The maximum Gasteiger partial charge on any atom is 0.416 e. The fourth-order valence-corrected chi connectivity index (χ4v) is 2.39. The van der Waals surface area contributed by atoms with Crippen LogP contribution >= 0.6 is 0 Å².